The van der Waals surface area contributed by atoms with Crippen LogP contribution in [-0.4, -0.2) is 29.4 Å². The molecule has 2 aromatic rings. The van der Waals surface area contributed by atoms with Gasteiger partial charge >= 0.3 is 0 Å². The Morgan fingerprint density at radius 3 is 2.83 bits per heavy atom. The fourth-order valence-corrected chi connectivity index (χ4v) is 1.95. The average Bonchev–Trinajstić information content (AvgIpc) is 2.68. The lowest BCUT2D eigenvalue weighted by Gasteiger charge is -2.07. The molecule has 1 aromatic carbocycles. The van der Waals surface area contributed by atoms with Crippen molar-refractivity contribution >= 4 is 17.0 Å². The molecule has 0 spiro atoms. The Morgan fingerprint density at radius 2 is 2.11 bits per heavy atom. The maximum absolute atomic E-state index is 5.94. The van der Waals surface area contributed by atoms with Gasteiger partial charge in [-0.2, -0.15) is 0 Å². The maximum atomic E-state index is 5.94. The summed E-state index contributed by atoms with van der Waals surface area (Å²) in [6, 6.07) is 5.85. The SMILES string of the molecule is CCOCCn1c(N)nc2c(OCC)cccc21. The summed E-state index contributed by atoms with van der Waals surface area (Å²) >= 11 is 0. The van der Waals surface area contributed by atoms with Crippen LogP contribution < -0.4 is 10.5 Å². The van der Waals surface area contributed by atoms with Crippen LogP contribution in [0.1, 0.15) is 13.8 Å². The first kappa shape index (κ1) is 12.7. The summed E-state index contributed by atoms with van der Waals surface area (Å²) in [5, 5.41) is 0. The molecule has 18 heavy (non-hydrogen) atoms. The number of imidazole rings is 1. The van der Waals surface area contributed by atoms with Gasteiger partial charge < -0.3 is 19.8 Å². The van der Waals surface area contributed by atoms with Crippen molar-refractivity contribution in [1.29, 1.82) is 0 Å². The van der Waals surface area contributed by atoms with Crippen molar-refractivity contribution in [2.45, 2.75) is 20.4 Å². The van der Waals surface area contributed by atoms with E-state index < -0.39 is 0 Å². The van der Waals surface area contributed by atoms with E-state index in [9.17, 15) is 0 Å². The van der Waals surface area contributed by atoms with Crippen molar-refractivity contribution in [3.05, 3.63) is 18.2 Å². The molecule has 0 bridgehead atoms. The van der Waals surface area contributed by atoms with Crippen LogP contribution in [0.3, 0.4) is 0 Å². The molecule has 0 unspecified atom stereocenters. The highest BCUT2D eigenvalue weighted by Crippen LogP contribution is 2.26. The third kappa shape index (κ3) is 2.41. The van der Waals surface area contributed by atoms with Crippen molar-refractivity contribution in [2.75, 3.05) is 25.6 Å². The van der Waals surface area contributed by atoms with Crippen LogP contribution in [0, 0.1) is 0 Å². The molecule has 2 N–H and O–H groups in total. The fourth-order valence-electron chi connectivity index (χ4n) is 1.95. The lowest BCUT2D eigenvalue weighted by Crippen LogP contribution is -2.08. The topological polar surface area (TPSA) is 62.3 Å². The van der Waals surface area contributed by atoms with E-state index in [1.54, 1.807) is 0 Å². The molecule has 0 atom stereocenters. The van der Waals surface area contributed by atoms with Gasteiger partial charge in [0.05, 0.1) is 18.7 Å². The quantitative estimate of drug-likeness (QED) is 0.796. The molecular formula is C13H19N3O2. The number of ether oxygens (including phenoxy) is 2. The summed E-state index contributed by atoms with van der Waals surface area (Å²) < 4.78 is 12.9. The van der Waals surface area contributed by atoms with E-state index in [-0.39, 0.29) is 0 Å². The highest BCUT2D eigenvalue weighted by Gasteiger charge is 2.11. The summed E-state index contributed by atoms with van der Waals surface area (Å²) in [6.07, 6.45) is 0. The van der Waals surface area contributed by atoms with Gasteiger partial charge in [-0.3, -0.25) is 0 Å². The van der Waals surface area contributed by atoms with Gasteiger partial charge in [0.25, 0.3) is 0 Å². The van der Waals surface area contributed by atoms with Gasteiger partial charge in [0.1, 0.15) is 11.3 Å². The summed E-state index contributed by atoms with van der Waals surface area (Å²) in [7, 11) is 0. The van der Waals surface area contributed by atoms with E-state index in [4.69, 9.17) is 15.2 Å². The fraction of sp³-hybridized carbons (Fsp3) is 0.462. The second-order valence-corrected chi connectivity index (χ2v) is 3.88. The summed E-state index contributed by atoms with van der Waals surface area (Å²) in [5.74, 6) is 1.27. The summed E-state index contributed by atoms with van der Waals surface area (Å²) in [5.41, 5.74) is 7.74. The molecule has 98 valence electrons. The van der Waals surface area contributed by atoms with Crippen molar-refractivity contribution in [2.24, 2.45) is 0 Å². The first-order valence-corrected chi connectivity index (χ1v) is 6.23. The van der Waals surface area contributed by atoms with E-state index in [0.29, 0.717) is 32.3 Å². The number of anilines is 1. The zero-order valence-electron chi connectivity index (χ0n) is 10.8. The lowest BCUT2D eigenvalue weighted by atomic mass is 10.3. The van der Waals surface area contributed by atoms with E-state index >= 15 is 0 Å². The average molecular weight is 249 g/mol. The number of hydrogen-bond acceptors (Lipinski definition) is 4. The second kappa shape index (κ2) is 5.73. The number of nitrogens with zero attached hydrogens (tertiary/aromatic N) is 2. The molecule has 0 aliphatic rings. The predicted molar refractivity (Wildman–Crippen MR) is 71.8 cm³/mol. The highest BCUT2D eigenvalue weighted by molar-refractivity contribution is 5.84. The van der Waals surface area contributed by atoms with E-state index in [1.807, 2.05) is 36.6 Å². The number of aromatic nitrogens is 2. The van der Waals surface area contributed by atoms with E-state index in [0.717, 1.165) is 16.8 Å². The lowest BCUT2D eigenvalue weighted by molar-refractivity contribution is 0.140. The largest absolute Gasteiger partial charge is 0.492 e. The normalized spacial score (nSPS) is 11.0. The highest BCUT2D eigenvalue weighted by atomic mass is 16.5. The number of rotatable bonds is 6. The first-order valence-electron chi connectivity index (χ1n) is 6.23. The number of nitrogen functional groups attached to an aromatic ring is 1. The predicted octanol–water partition coefficient (Wildman–Crippen LogP) is 2.05. The first-order chi connectivity index (χ1) is 8.77. The molecule has 1 aromatic heterocycles. The summed E-state index contributed by atoms with van der Waals surface area (Å²) in [6.45, 7) is 6.58. The van der Waals surface area contributed by atoms with E-state index in [1.165, 1.54) is 0 Å². The van der Waals surface area contributed by atoms with Crippen molar-refractivity contribution in [1.82, 2.24) is 9.55 Å². The minimum atomic E-state index is 0.497. The third-order valence-corrected chi connectivity index (χ3v) is 2.73. The minimum absolute atomic E-state index is 0.497. The zero-order chi connectivity index (χ0) is 13.0. The second-order valence-electron chi connectivity index (χ2n) is 3.88. The van der Waals surface area contributed by atoms with Crippen molar-refractivity contribution in [3.63, 3.8) is 0 Å². The van der Waals surface area contributed by atoms with Gasteiger partial charge in [0.2, 0.25) is 5.95 Å². The van der Waals surface area contributed by atoms with Crippen LogP contribution in [0.25, 0.3) is 11.0 Å². The minimum Gasteiger partial charge on any atom is -0.492 e. The van der Waals surface area contributed by atoms with E-state index in [2.05, 4.69) is 4.98 Å². The van der Waals surface area contributed by atoms with Crippen LogP contribution in [0.5, 0.6) is 5.75 Å². The molecule has 5 heteroatoms. The molecular weight excluding hydrogens is 230 g/mol. The van der Waals surface area contributed by atoms with Crippen LogP contribution >= 0.6 is 0 Å². The monoisotopic (exact) mass is 249 g/mol. The molecule has 0 aliphatic carbocycles. The number of para-hydroxylation sites is 1. The number of nitrogens with two attached hydrogens (primary N) is 1. The van der Waals surface area contributed by atoms with Crippen molar-refractivity contribution < 1.29 is 9.47 Å². The molecule has 0 amide bonds. The number of fused-ring (bicyclic) bond motifs is 1. The van der Waals surface area contributed by atoms with Crippen molar-refractivity contribution in [3.8, 4) is 5.75 Å². The standard InChI is InChI=1S/C13H19N3O2/c1-3-17-9-8-16-10-6-5-7-11(18-4-2)12(10)15-13(16)14/h5-7H,3-4,8-9H2,1-2H3,(H2,14,15). The third-order valence-electron chi connectivity index (χ3n) is 2.73. The molecule has 0 aliphatic heterocycles. The Kier molecular flexibility index (Phi) is 4.04. The Bertz CT molecular complexity index is 522. The Balaban J connectivity index is 2.35. The molecule has 0 radical (unpaired) electrons. The van der Waals surface area contributed by atoms with Gasteiger partial charge in [0.15, 0.2) is 0 Å². The molecule has 1 heterocycles. The summed E-state index contributed by atoms with van der Waals surface area (Å²) in [4.78, 5) is 4.37. The van der Waals surface area contributed by atoms with Crippen LogP contribution in [0.2, 0.25) is 0 Å². The molecule has 0 saturated carbocycles. The van der Waals surface area contributed by atoms with Gasteiger partial charge in [0, 0.05) is 13.2 Å². The van der Waals surface area contributed by atoms with Gasteiger partial charge in [-0.05, 0) is 26.0 Å². The van der Waals surface area contributed by atoms with Gasteiger partial charge in [-0.15, -0.1) is 0 Å². The number of benzene rings is 1. The molecule has 0 saturated heterocycles. The van der Waals surface area contributed by atoms with Crippen LogP contribution in [0.4, 0.5) is 5.95 Å². The van der Waals surface area contributed by atoms with Crippen LogP contribution in [0.15, 0.2) is 18.2 Å². The van der Waals surface area contributed by atoms with Crippen LogP contribution in [-0.2, 0) is 11.3 Å². The molecule has 5 nitrogen and oxygen atoms in total. The maximum Gasteiger partial charge on any atom is 0.201 e. The van der Waals surface area contributed by atoms with Gasteiger partial charge in [-0.25, -0.2) is 4.98 Å². The Hall–Kier alpha value is -1.75. The molecule has 0 fully saturated rings. The number of hydrogen-bond donors (Lipinski definition) is 1. The molecule has 2 rings (SSSR count). The van der Waals surface area contributed by atoms with Gasteiger partial charge in [-0.1, -0.05) is 6.07 Å². The Labute approximate surface area is 107 Å². The smallest absolute Gasteiger partial charge is 0.201 e. The Morgan fingerprint density at radius 1 is 1.28 bits per heavy atom. The zero-order valence-corrected chi connectivity index (χ0v) is 10.8.